The van der Waals surface area contributed by atoms with Gasteiger partial charge in [-0.25, -0.2) is 4.39 Å². The first-order valence-corrected chi connectivity index (χ1v) is 8.51. The molecule has 0 aliphatic heterocycles. The summed E-state index contributed by atoms with van der Waals surface area (Å²) in [6, 6.07) is 9.57. The normalized spacial score (nSPS) is 13.0. The Bertz CT molecular complexity index is 1150. The van der Waals surface area contributed by atoms with Crippen molar-refractivity contribution in [3.05, 3.63) is 81.0 Å². The third-order valence-corrected chi connectivity index (χ3v) is 5.05. The number of rotatable bonds is 2. The number of benzene rings is 2. The van der Waals surface area contributed by atoms with E-state index >= 15 is 0 Å². The van der Waals surface area contributed by atoms with Crippen LogP contribution in [-0.4, -0.2) is 10.2 Å². The molecule has 0 saturated heterocycles. The Morgan fingerprint density at radius 2 is 2.00 bits per heavy atom. The topological polar surface area (TPSA) is 77.4 Å². The maximum Gasteiger partial charge on any atom is 0.170 e. The van der Waals surface area contributed by atoms with Gasteiger partial charge in [0.1, 0.15) is 11.8 Å². The van der Waals surface area contributed by atoms with Crippen LogP contribution in [0.4, 0.5) is 4.39 Å². The van der Waals surface area contributed by atoms with Crippen LogP contribution in [0, 0.1) is 24.1 Å². The highest BCUT2D eigenvalue weighted by atomic mass is 35.5. The largest absolute Gasteiger partial charge is 0.508 e. The average Bonchev–Trinajstić information content (AvgIpc) is 3.22. The zero-order chi connectivity index (χ0) is 19.3. The van der Waals surface area contributed by atoms with Gasteiger partial charge in [0.2, 0.25) is 0 Å². The van der Waals surface area contributed by atoms with Crippen molar-refractivity contribution < 1.29 is 19.0 Å². The van der Waals surface area contributed by atoms with Crippen LogP contribution in [0.1, 0.15) is 33.6 Å². The SMILES string of the molecule is Cc1cc(O)cc2c1CC(c1cc(F)c(O)c(Cl)c1)=C2c1occc1C#N. The number of nitriles is 1. The zero-order valence-corrected chi connectivity index (χ0v) is 14.9. The lowest BCUT2D eigenvalue weighted by atomic mass is 9.96. The quantitative estimate of drug-likeness (QED) is 0.641. The molecular formula is C21H13ClFNO3. The van der Waals surface area contributed by atoms with E-state index in [1.807, 2.05) is 6.92 Å². The monoisotopic (exact) mass is 381 g/mol. The summed E-state index contributed by atoms with van der Waals surface area (Å²) in [4.78, 5) is 0. The molecule has 1 aliphatic rings. The van der Waals surface area contributed by atoms with E-state index in [-0.39, 0.29) is 10.8 Å². The van der Waals surface area contributed by atoms with Gasteiger partial charge in [-0.15, -0.1) is 0 Å². The van der Waals surface area contributed by atoms with Crippen LogP contribution >= 0.6 is 11.6 Å². The third-order valence-electron chi connectivity index (χ3n) is 4.76. The number of phenolic OH excluding ortho intramolecular Hbond substituents is 2. The smallest absolute Gasteiger partial charge is 0.170 e. The number of phenols is 2. The number of aryl methyl sites for hydroxylation is 1. The number of hydrogen-bond acceptors (Lipinski definition) is 4. The van der Waals surface area contributed by atoms with Crippen molar-refractivity contribution in [3.8, 4) is 17.6 Å². The molecule has 4 nitrogen and oxygen atoms in total. The molecule has 0 atom stereocenters. The molecule has 0 saturated carbocycles. The standard InChI is InChI=1S/C21H13ClFNO3/c1-10-4-13(25)7-16-14(10)8-15(12-5-17(22)20(26)18(23)6-12)19(16)21-11(9-24)2-3-27-21/h2-7,25-26H,8H2,1H3. The summed E-state index contributed by atoms with van der Waals surface area (Å²) < 4.78 is 19.7. The van der Waals surface area contributed by atoms with Crippen molar-refractivity contribution in [3.63, 3.8) is 0 Å². The summed E-state index contributed by atoms with van der Waals surface area (Å²) in [6.07, 6.45) is 1.86. The minimum atomic E-state index is -0.833. The van der Waals surface area contributed by atoms with E-state index in [2.05, 4.69) is 6.07 Å². The molecule has 2 aromatic carbocycles. The van der Waals surface area contributed by atoms with Gasteiger partial charge in [0.25, 0.3) is 0 Å². The van der Waals surface area contributed by atoms with Gasteiger partial charge in [-0.3, -0.25) is 0 Å². The summed E-state index contributed by atoms with van der Waals surface area (Å²) in [6.45, 7) is 1.87. The second kappa shape index (κ2) is 6.19. The predicted molar refractivity (Wildman–Crippen MR) is 99.0 cm³/mol. The number of nitrogens with zero attached hydrogens (tertiary/aromatic N) is 1. The van der Waals surface area contributed by atoms with E-state index in [1.54, 1.807) is 18.2 Å². The lowest BCUT2D eigenvalue weighted by Gasteiger charge is -2.09. The fourth-order valence-corrected chi connectivity index (χ4v) is 3.73. The van der Waals surface area contributed by atoms with Gasteiger partial charge in [-0.1, -0.05) is 11.6 Å². The second-order valence-corrected chi connectivity index (χ2v) is 6.79. The first-order valence-electron chi connectivity index (χ1n) is 8.13. The average molecular weight is 382 g/mol. The lowest BCUT2D eigenvalue weighted by molar-refractivity contribution is 0.432. The summed E-state index contributed by atoms with van der Waals surface area (Å²) >= 11 is 5.97. The Morgan fingerprint density at radius 3 is 2.70 bits per heavy atom. The molecule has 0 fully saturated rings. The number of allylic oxidation sites excluding steroid dienone is 1. The van der Waals surface area contributed by atoms with Gasteiger partial charge in [0.15, 0.2) is 17.3 Å². The van der Waals surface area contributed by atoms with E-state index in [1.165, 1.54) is 18.4 Å². The van der Waals surface area contributed by atoms with Gasteiger partial charge >= 0.3 is 0 Å². The molecule has 6 heteroatoms. The van der Waals surface area contributed by atoms with Crippen molar-refractivity contribution in [2.45, 2.75) is 13.3 Å². The molecule has 1 aromatic heterocycles. The van der Waals surface area contributed by atoms with Crippen LogP contribution in [0.2, 0.25) is 5.02 Å². The Kier molecular flexibility index (Phi) is 3.94. The molecule has 4 rings (SSSR count). The van der Waals surface area contributed by atoms with E-state index in [0.29, 0.717) is 34.5 Å². The third kappa shape index (κ3) is 2.66. The van der Waals surface area contributed by atoms with Gasteiger partial charge < -0.3 is 14.6 Å². The zero-order valence-electron chi connectivity index (χ0n) is 14.2. The summed E-state index contributed by atoms with van der Waals surface area (Å²) in [5.41, 5.74) is 4.65. The number of fused-ring (bicyclic) bond motifs is 1. The van der Waals surface area contributed by atoms with Gasteiger partial charge in [0, 0.05) is 5.57 Å². The van der Waals surface area contributed by atoms with E-state index in [4.69, 9.17) is 16.0 Å². The number of furan rings is 1. The maximum atomic E-state index is 14.1. The fraction of sp³-hybridized carbons (Fsp3) is 0.0952. The van der Waals surface area contributed by atoms with Crippen molar-refractivity contribution in [2.75, 3.05) is 0 Å². The van der Waals surface area contributed by atoms with Crippen LogP contribution in [-0.2, 0) is 6.42 Å². The Hall–Kier alpha value is -3.23. The lowest BCUT2D eigenvalue weighted by Crippen LogP contribution is -1.92. The highest BCUT2D eigenvalue weighted by Gasteiger charge is 2.30. The van der Waals surface area contributed by atoms with E-state index in [9.17, 15) is 19.9 Å². The van der Waals surface area contributed by atoms with Crippen LogP contribution in [0.25, 0.3) is 11.1 Å². The summed E-state index contributed by atoms with van der Waals surface area (Å²) in [5.74, 6) is -1.01. The Balaban J connectivity index is 2.05. The molecule has 0 radical (unpaired) electrons. The van der Waals surface area contributed by atoms with Gasteiger partial charge in [0.05, 0.1) is 16.8 Å². The van der Waals surface area contributed by atoms with Crippen LogP contribution in [0.5, 0.6) is 11.5 Å². The molecule has 134 valence electrons. The molecular weight excluding hydrogens is 369 g/mol. The van der Waals surface area contributed by atoms with Crippen molar-refractivity contribution >= 4 is 22.7 Å². The Morgan fingerprint density at radius 1 is 1.22 bits per heavy atom. The number of halogens is 2. The minimum absolute atomic E-state index is 0.0879. The summed E-state index contributed by atoms with van der Waals surface area (Å²) in [7, 11) is 0. The molecule has 0 bridgehead atoms. The molecule has 1 heterocycles. The maximum absolute atomic E-state index is 14.1. The van der Waals surface area contributed by atoms with Crippen LogP contribution in [0.15, 0.2) is 41.0 Å². The highest BCUT2D eigenvalue weighted by molar-refractivity contribution is 6.32. The van der Waals surface area contributed by atoms with E-state index in [0.717, 1.165) is 16.7 Å². The first-order chi connectivity index (χ1) is 12.9. The van der Waals surface area contributed by atoms with Gasteiger partial charge in [-0.2, -0.15) is 5.26 Å². The van der Waals surface area contributed by atoms with Crippen molar-refractivity contribution in [1.29, 1.82) is 5.26 Å². The van der Waals surface area contributed by atoms with Crippen LogP contribution < -0.4 is 0 Å². The second-order valence-electron chi connectivity index (χ2n) is 6.38. The molecule has 0 unspecified atom stereocenters. The molecule has 3 aromatic rings. The highest BCUT2D eigenvalue weighted by Crippen LogP contribution is 2.46. The van der Waals surface area contributed by atoms with Crippen molar-refractivity contribution in [1.82, 2.24) is 0 Å². The number of hydrogen-bond donors (Lipinski definition) is 2. The molecule has 27 heavy (non-hydrogen) atoms. The number of aromatic hydroxyl groups is 2. The molecule has 0 spiro atoms. The van der Waals surface area contributed by atoms with Crippen LogP contribution in [0.3, 0.4) is 0 Å². The predicted octanol–water partition coefficient (Wildman–Crippen LogP) is 5.18. The molecule has 1 aliphatic carbocycles. The minimum Gasteiger partial charge on any atom is -0.508 e. The molecule has 2 N–H and O–H groups in total. The van der Waals surface area contributed by atoms with Gasteiger partial charge in [-0.05, 0) is 71.5 Å². The first kappa shape index (κ1) is 17.2. The van der Waals surface area contributed by atoms with Crippen molar-refractivity contribution in [2.24, 2.45) is 0 Å². The Labute approximate surface area is 159 Å². The summed E-state index contributed by atoms with van der Waals surface area (Å²) in [5, 5.41) is 29.0. The van der Waals surface area contributed by atoms with E-state index < -0.39 is 11.6 Å². The molecule has 0 amide bonds. The fourth-order valence-electron chi connectivity index (χ4n) is 3.52.